The van der Waals surface area contributed by atoms with Gasteiger partial charge in [-0.25, -0.2) is 0 Å². The van der Waals surface area contributed by atoms with Crippen molar-refractivity contribution in [3.63, 3.8) is 0 Å². The summed E-state index contributed by atoms with van der Waals surface area (Å²) >= 11 is 3.54. The Hall–Kier alpha value is -0.540. The van der Waals surface area contributed by atoms with Crippen molar-refractivity contribution in [2.45, 2.75) is 45.4 Å². The van der Waals surface area contributed by atoms with E-state index in [2.05, 4.69) is 66.8 Å². The minimum Gasteiger partial charge on any atom is -0.353 e. The van der Waals surface area contributed by atoms with Crippen molar-refractivity contribution in [1.82, 2.24) is 0 Å². The summed E-state index contributed by atoms with van der Waals surface area (Å²) in [6.45, 7) is 6.36. The Balaban J connectivity index is 2.34. The van der Waals surface area contributed by atoms with Crippen molar-refractivity contribution >= 4 is 21.6 Å². The molecule has 1 heterocycles. The molecule has 17 heavy (non-hydrogen) atoms. The van der Waals surface area contributed by atoms with Crippen LogP contribution in [0.3, 0.4) is 0 Å². The molecule has 1 aliphatic heterocycles. The number of hydrogen-bond donors (Lipinski definition) is 0. The molecule has 94 valence electrons. The van der Waals surface area contributed by atoms with E-state index in [1.54, 1.807) is 0 Å². The normalized spacial score (nSPS) is 24.0. The van der Waals surface area contributed by atoms with Gasteiger partial charge in [-0.2, -0.15) is 0 Å². The maximum Gasteiger partial charge on any atom is 0.138 e. The van der Waals surface area contributed by atoms with Crippen LogP contribution in [0.1, 0.15) is 32.8 Å². The van der Waals surface area contributed by atoms with Gasteiger partial charge in [0.05, 0.1) is 6.10 Å². The first-order chi connectivity index (χ1) is 7.92. The van der Waals surface area contributed by atoms with Crippen molar-refractivity contribution < 1.29 is 4.74 Å². The van der Waals surface area contributed by atoms with E-state index >= 15 is 0 Å². The molecule has 1 aromatic rings. The Morgan fingerprint density at radius 3 is 2.76 bits per heavy atom. The smallest absolute Gasteiger partial charge is 0.138 e. The number of aryl methyl sites for hydroxylation is 1. The zero-order valence-corrected chi connectivity index (χ0v) is 12.5. The molecule has 1 atom stereocenters. The number of ether oxygens (including phenoxy) is 1. The average molecular weight is 298 g/mol. The molecule has 0 amide bonds. The molecule has 1 unspecified atom stereocenters. The predicted molar refractivity (Wildman–Crippen MR) is 75.5 cm³/mol. The van der Waals surface area contributed by atoms with Crippen molar-refractivity contribution in [3.8, 4) is 0 Å². The summed E-state index contributed by atoms with van der Waals surface area (Å²) in [5.41, 5.74) is 2.48. The van der Waals surface area contributed by atoms with Crippen LogP contribution in [0.2, 0.25) is 0 Å². The lowest BCUT2D eigenvalue weighted by Crippen LogP contribution is -2.50. The van der Waals surface area contributed by atoms with Gasteiger partial charge < -0.3 is 9.64 Å². The highest BCUT2D eigenvalue weighted by Gasteiger charge is 2.36. The van der Waals surface area contributed by atoms with Gasteiger partial charge in [-0.15, -0.1) is 0 Å². The zero-order chi connectivity index (χ0) is 12.6. The largest absolute Gasteiger partial charge is 0.353 e. The lowest BCUT2D eigenvalue weighted by molar-refractivity contribution is -0.0740. The van der Waals surface area contributed by atoms with E-state index in [4.69, 9.17) is 4.74 Å². The van der Waals surface area contributed by atoms with Gasteiger partial charge in [0.2, 0.25) is 0 Å². The highest BCUT2D eigenvalue weighted by molar-refractivity contribution is 9.10. The monoisotopic (exact) mass is 297 g/mol. The van der Waals surface area contributed by atoms with Gasteiger partial charge in [0, 0.05) is 17.2 Å². The maximum atomic E-state index is 6.10. The summed E-state index contributed by atoms with van der Waals surface area (Å²) in [6, 6.07) is 6.49. The molecule has 1 aromatic carbocycles. The van der Waals surface area contributed by atoms with Crippen LogP contribution in [0.15, 0.2) is 22.7 Å². The lowest BCUT2D eigenvalue weighted by atomic mass is 9.94. The standard InChI is InChI=1S/C14H20BrNO/c1-10(2)17-14(3)8-7-11-5-6-12(15)9-13(11)16(14)4/h5-6,9-10H,7-8H2,1-4H3. The number of hydrogen-bond acceptors (Lipinski definition) is 2. The molecule has 3 heteroatoms. The Kier molecular flexibility index (Phi) is 3.50. The van der Waals surface area contributed by atoms with E-state index in [1.807, 2.05) is 0 Å². The molecule has 0 N–H and O–H groups in total. The minimum atomic E-state index is -0.192. The first kappa shape index (κ1) is 12.9. The van der Waals surface area contributed by atoms with Gasteiger partial charge in [-0.1, -0.05) is 22.0 Å². The fraction of sp³-hybridized carbons (Fsp3) is 0.571. The first-order valence-electron chi connectivity index (χ1n) is 6.12. The van der Waals surface area contributed by atoms with E-state index in [1.165, 1.54) is 11.3 Å². The number of rotatable bonds is 2. The van der Waals surface area contributed by atoms with Crippen molar-refractivity contribution in [2.24, 2.45) is 0 Å². The molecule has 0 radical (unpaired) electrons. The zero-order valence-electron chi connectivity index (χ0n) is 11.0. The summed E-state index contributed by atoms with van der Waals surface area (Å²) < 4.78 is 7.22. The molecular weight excluding hydrogens is 278 g/mol. The number of fused-ring (bicyclic) bond motifs is 1. The van der Waals surface area contributed by atoms with Crippen LogP contribution in [0.5, 0.6) is 0 Å². The Bertz CT molecular complexity index is 419. The van der Waals surface area contributed by atoms with Crippen LogP contribution in [0, 0.1) is 0 Å². The van der Waals surface area contributed by atoms with E-state index in [0.29, 0.717) is 0 Å². The molecule has 1 aliphatic rings. The van der Waals surface area contributed by atoms with Gasteiger partial charge in [0.25, 0.3) is 0 Å². The van der Waals surface area contributed by atoms with Crippen LogP contribution >= 0.6 is 15.9 Å². The van der Waals surface area contributed by atoms with Crippen molar-refractivity contribution in [2.75, 3.05) is 11.9 Å². The van der Waals surface area contributed by atoms with Crippen LogP contribution < -0.4 is 4.90 Å². The topological polar surface area (TPSA) is 12.5 Å². The Labute approximate surface area is 112 Å². The van der Waals surface area contributed by atoms with Gasteiger partial charge in [0.1, 0.15) is 5.72 Å². The predicted octanol–water partition coefficient (Wildman–Crippen LogP) is 3.97. The average Bonchev–Trinajstić information content (AvgIpc) is 2.24. The fourth-order valence-corrected chi connectivity index (χ4v) is 2.84. The third-order valence-corrected chi connectivity index (χ3v) is 3.96. The molecule has 2 rings (SSSR count). The van der Waals surface area contributed by atoms with E-state index in [-0.39, 0.29) is 11.8 Å². The van der Waals surface area contributed by atoms with E-state index < -0.39 is 0 Å². The second-order valence-electron chi connectivity index (χ2n) is 5.17. The quantitative estimate of drug-likeness (QED) is 0.819. The molecule has 0 spiro atoms. The molecule has 0 aliphatic carbocycles. The lowest BCUT2D eigenvalue weighted by Gasteiger charge is -2.45. The summed E-state index contributed by atoms with van der Waals surface area (Å²) in [7, 11) is 2.12. The third kappa shape index (κ3) is 2.50. The number of anilines is 1. The highest BCUT2D eigenvalue weighted by Crippen LogP contribution is 2.38. The molecule has 0 fully saturated rings. The maximum absolute atomic E-state index is 6.10. The van der Waals surface area contributed by atoms with Crippen LogP contribution in [-0.4, -0.2) is 18.9 Å². The van der Waals surface area contributed by atoms with E-state index in [9.17, 15) is 0 Å². The molecular formula is C14H20BrNO. The SMILES string of the molecule is CC(C)OC1(C)CCc2ccc(Br)cc2N1C. The van der Waals surface area contributed by atoms with E-state index in [0.717, 1.165) is 17.3 Å². The summed E-state index contributed by atoms with van der Waals surface area (Å²) in [4.78, 5) is 2.26. The second-order valence-corrected chi connectivity index (χ2v) is 6.09. The van der Waals surface area contributed by atoms with Crippen LogP contribution in [0.4, 0.5) is 5.69 Å². The molecule has 0 saturated carbocycles. The minimum absolute atomic E-state index is 0.192. The Morgan fingerprint density at radius 1 is 1.41 bits per heavy atom. The number of benzene rings is 1. The molecule has 0 aromatic heterocycles. The first-order valence-corrected chi connectivity index (χ1v) is 6.92. The summed E-state index contributed by atoms with van der Waals surface area (Å²) in [5.74, 6) is 0. The van der Waals surface area contributed by atoms with Crippen molar-refractivity contribution in [3.05, 3.63) is 28.2 Å². The fourth-order valence-electron chi connectivity index (χ4n) is 2.50. The van der Waals surface area contributed by atoms with Gasteiger partial charge in [-0.3, -0.25) is 0 Å². The molecule has 2 nitrogen and oxygen atoms in total. The van der Waals surface area contributed by atoms with Gasteiger partial charge in [-0.05, 0) is 51.3 Å². The highest BCUT2D eigenvalue weighted by atomic mass is 79.9. The second kappa shape index (κ2) is 4.62. The third-order valence-electron chi connectivity index (χ3n) is 3.47. The summed E-state index contributed by atoms with van der Waals surface area (Å²) in [6.07, 6.45) is 2.36. The van der Waals surface area contributed by atoms with Crippen LogP contribution in [0.25, 0.3) is 0 Å². The molecule has 0 saturated heterocycles. The Morgan fingerprint density at radius 2 is 2.12 bits per heavy atom. The molecule has 0 bridgehead atoms. The number of halogens is 1. The van der Waals surface area contributed by atoms with Gasteiger partial charge >= 0.3 is 0 Å². The van der Waals surface area contributed by atoms with Crippen LogP contribution in [-0.2, 0) is 11.2 Å². The van der Waals surface area contributed by atoms with Crippen molar-refractivity contribution in [1.29, 1.82) is 0 Å². The summed E-state index contributed by atoms with van der Waals surface area (Å²) in [5, 5.41) is 0. The number of nitrogens with zero attached hydrogens (tertiary/aromatic N) is 1. The van der Waals surface area contributed by atoms with Gasteiger partial charge in [0.15, 0.2) is 0 Å².